The van der Waals surface area contributed by atoms with Gasteiger partial charge in [-0.3, -0.25) is 0 Å². The van der Waals surface area contributed by atoms with Crippen molar-refractivity contribution in [1.82, 2.24) is 0 Å². The first-order valence-electron chi connectivity index (χ1n) is 6.74. The van der Waals surface area contributed by atoms with Crippen LogP contribution in [0.2, 0.25) is 0 Å². The zero-order valence-electron chi connectivity index (χ0n) is 11.7. The largest absolute Gasteiger partial charge is 0.497 e. The second-order valence-corrected chi connectivity index (χ2v) is 4.49. The van der Waals surface area contributed by atoms with Crippen molar-refractivity contribution in [1.29, 1.82) is 0 Å². The van der Waals surface area contributed by atoms with Gasteiger partial charge in [0, 0.05) is 12.6 Å². The van der Waals surface area contributed by atoms with Gasteiger partial charge in [-0.15, -0.1) is 0 Å². The third-order valence-electron chi connectivity index (χ3n) is 3.08. The summed E-state index contributed by atoms with van der Waals surface area (Å²) in [6.45, 7) is 5.00. The molecule has 0 heterocycles. The molecule has 1 rings (SSSR count). The van der Waals surface area contributed by atoms with E-state index in [1.165, 1.54) is 0 Å². The van der Waals surface area contributed by atoms with E-state index in [2.05, 4.69) is 19.9 Å². The van der Waals surface area contributed by atoms with Crippen LogP contribution in [0.25, 0.3) is 0 Å². The van der Waals surface area contributed by atoms with Gasteiger partial charge in [0.1, 0.15) is 5.75 Å². The molecule has 2 unspecified atom stereocenters. The Morgan fingerprint density at radius 3 is 2.67 bits per heavy atom. The maximum absolute atomic E-state index is 6.16. The SMILES string of the molecule is CCCCOC(c1cccc(OC)c1)C(N)CC. The highest BCUT2D eigenvalue weighted by atomic mass is 16.5. The van der Waals surface area contributed by atoms with Crippen molar-refractivity contribution < 1.29 is 9.47 Å². The van der Waals surface area contributed by atoms with E-state index in [1.54, 1.807) is 7.11 Å². The molecule has 18 heavy (non-hydrogen) atoms. The predicted octanol–water partition coefficient (Wildman–Crippen LogP) is 3.29. The quantitative estimate of drug-likeness (QED) is 0.721. The third-order valence-corrected chi connectivity index (χ3v) is 3.08. The number of methoxy groups -OCH3 is 1. The molecule has 0 aliphatic heterocycles. The molecule has 102 valence electrons. The van der Waals surface area contributed by atoms with E-state index >= 15 is 0 Å². The molecule has 3 heteroatoms. The van der Waals surface area contributed by atoms with Crippen LogP contribution in [-0.2, 0) is 4.74 Å². The van der Waals surface area contributed by atoms with Gasteiger partial charge in [-0.2, -0.15) is 0 Å². The van der Waals surface area contributed by atoms with Crippen molar-refractivity contribution in [3.05, 3.63) is 29.8 Å². The lowest BCUT2D eigenvalue weighted by Crippen LogP contribution is -2.29. The van der Waals surface area contributed by atoms with Crippen LogP contribution in [0.1, 0.15) is 44.8 Å². The summed E-state index contributed by atoms with van der Waals surface area (Å²) in [4.78, 5) is 0. The minimum Gasteiger partial charge on any atom is -0.497 e. The molecule has 1 aromatic carbocycles. The van der Waals surface area contributed by atoms with Gasteiger partial charge in [-0.1, -0.05) is 32.4 Å². The molecule has 2 N–H and O–H groups in total. The monoisotopic (exact) mass is 251 g/mol. The highest BCUT2D eigenvalue weighted by Gasteiger charge is 2.19. The average Bonchev–Trinajstić information content (AvgIpc) is 2.43. The second kappa shape index (κ2) is 8.11. The Morgan fingerprint density at radius 2 is 2.06 bits per heavy atom. The van der Waals surface area contributed by atoms with E-state index < -0.39 is 0 Å². The van der Waals surface area contributed by atoms with Crippen LogP contribution < -0.4 is 10.5 Å². The van der Waals surface area contributed by atoms with Crippen LogP contribution in [0.4, 0.5) is 0 Å². The van der Waals surface area contributed by atoms with Gasteiger partial charge in [0.2, 0.25) is 0 Å². The molecule has 0 spiro atoms. The summed E-state index contributed by atoms with van der Waals surface area (Å²) in [5, 5.41) is 0. The maximum Gasteiger partial charge on any atom is 0.119 e. The molecule has 0 aliphatic rings. The fraction of sp³-hybridized carbons (Fsp3) is 0.600. The standard InChI is InChI=1S/C15H25NO2/c1-4-6-10-18-15(14(16)5-2)12-8-7-9-13(11-12)17-3/h7-9,11,14-15H,4-6,10,16H2,1-3H3. The fourth-order valence-electron chi connectivity index (χ4n) is 1.85. The molecule has 3 nitrogen and oxygen atoms in total. The Labute approximate surface area is 110 Å². The van der Waals surface area contributed by atoms with Crippen LogP contribution >= 0.6 is 0 Å². The van der Waals surface area contributed by atoms with Gasteiger partial charge >= 0.3 is 0 Å². The maximum atomic E-state index is 6.16. The number of ether oxygens (including phenoxy) is 2. The van der Waals surface area contributed by atoms with Gasteiger partial charge < -0.3 is 15.2 Å². The molecule has 0 saturated heterocycles. The van der Waals surface area contributed by atoms with Crippen molar-refractivity contribution >= 4 is 0 Å². The second-order valence-electron chi connectivity index (χ2n) is 4.49. The number of rotatable bonds is 8. The number of hydrogen-bond acceptors (Lipinski definition) is 3. The molecule has 0 aliphatic carbocycles. The van der Waals surface area contributed by atoms with Crippen molar-refractivity contribution in [3.8, 4) is 5.75 Å². The molecule has 0 bridgehead atoms. The zero-order chi connectivity index (χ0) is 13.4. The fourth-order valence-corrected chi connectivity index (χ4v) is 1.85. The summed E-state index contributed by atoms with van der Waals surface area (Å²) in [6.07, 6.45) is 3.05. The highest BCUT2D eigenvalue weighted by Crippen LogP contribution is 2.25. The summed E-state index contributed by atoms with van der Waals surface area (Å²) in [5.41, 5.74) is 7.25. The predicted molar refractivity (Wildman–Crippen MR) is 74.9 cm³/mol. The smallest absolute Gasteiger partial charge is 0.119 e. The van der Waals surface area contributed by atoms with Crippen molar-refractivity contribution in [2.75, 3.05) is 13.7 Å². The Balaban J connectivity index is 2.79. The van der Waals surface area contributed by atoms with Gasteiger partial charge in [0.05, 0.1) is 13.2 Å². The zero-order valence-corrected chi connectivity index (χ0v) is 11.7. The molecule has 0 aromatic heterocycles. The van der Waals surface area contributed by atoms with E-state index in [9.17, 15) is 0 Å². The molecule has 2 atom stereocenters. The van der Waals surface area contributed by atoms with Crippen LogP contribution in [0.3, 0.4) is 0 Å². The van der Waals surface area contributed by atoms with E-state index in [0.29, 0.717) is 0 Å². The number of hydrogen-bond donors (Lipinski definition) is 1. The van der Waals surface area contributed by atoms with Crippen LogP contribution in [0.15, 0.2) is 24.3 Å². The van der Waals surface area contributed by atoms with Crippen molar-refractivity contribution in [2.45, 2.75) is 45.3 Å². The van der Waals surface area contributed by atoms with Crippen molar-refractivity contribution in [3.63, 3.8) is 0 Å². The van der Waals surface area contributed by atoms with Gasteiger partial charge in [-0.05, 0) is 30.5 Å². The topological polar surface area (TPSA) is 44.5 Å². The van der Waals surface area contributed by atoms with E-state index in [0.717, 1.165) is 37.2 Å². The highest BCUT2D eigenvalue weighted by molar-refractivity contribution is 5.30. The van der Waals surface area contributed by atoms with Crippen LogP contribution in [0, 0.1) is 0 Å². The van der Waals surface area contributed by atoms with E-state index in [-0.39, 0.29) is 12.1 Å². The van der Waals surface area contributed by atoms with Crippen molar-refractivity contribution in [2.24, 2.45) is 5.73 Å². The Kier molecular flexibility index (Phi) is 6.76. The number of benzene rings is 1. The van der Waals surface area contributed by atoms with Gasteiger partial charge in [0.15, 0.2) is 0 Å². The normalized spacial score (nSPS) is 14.2. The van der Waals surface area contributed by atoms with Gasteiger partial charge in [0.25, 0.3) is 0 Å². The van der Waals surface area contributed by atoms with Gasteiger partial charge in [-0.25, -0.2) is 0 Å². The van der Waals surface area contributed by atoms with Crippen LogP contribution in [-0.4, -0.2) is 19.8 Å². The van der Waals surface area contributed by atoms with Crippen LogP contribution in [0.5, 0.6) is 5.75 Å². The Bertz CT molecular complexity index is 341. The molecule has 0 fully saturated rings. The lowest BCUT2D eigenvalue weighted by atomic mass is 10.0. The Hall–Kier alpha value is -1.06. The third kappa shape index (κ3) is 4.31. The van der Waals surface area contributed by atoms with E-state index in [1.807, 2.05) is 18.2 Å². The molecule has 0 amide bonds. The molecule has 0 saturated carbocycles. The molecular formula is C15H25NO2. The summed E-state index contributed by atoms with van der Waals surface area (Å²) in [7, 11) is 1.67. The summed E-state index contributed by atoms with van der Waals surface area (Å²) < 4.78 is 11.2. The first-order chi connectivity index (χ1) is 8.72. The summed E-state index contributed by atoms with van der Waals surface area (Å²) >= 11 is 0. The van der Waals surface area contributed by atoms with E-state index in [4.69, 9.17) is 15.2 Å². The minimum atomic E-state index is -0.0448. The first kappa shape index (κ1) is 15.0. The number of unbranched alkanes of at least 4 members (excludes halogenated alkanes) is 1. The molecular weight excluding hydrogens is 226 g/mol. The lowest BCUT2D eigenvalue weighted by molar-refractivity contribution is 0.0317. The average molecular weight is 251 g/mol. The molecule has 1 aromatic rings. The molecule has 0 radical (unpaired) electrons. The minimum absolute atomic E-state index is 0.0222. The Morgan fingerprint density at radius 1 is 1.28 bits per heavy atom. The number of nitrogens with two attached hydrogens (primary N) is 1. The summed E-state index contributed by atoms with van der Waals surface area (Å²) in [5.74, 6) is 0.847. The summed E-state index contributed by atoms with van der Waals surface area (Å²) in [6, 6.07) is 7.99. The lowest BCUT2D eigenvalue weighted by Gasteiger charge is -2.24. The first-order valence-corrected chi connectivity index (χ1v) is 6.74.